The smallest absolute Gasteiger partial charge is 0.0442 e. The predicted octanol–water partition coefficient (Wildman–Crippen LogP) is 4.96. The molecule has 0 saturated carbocycles. The number of halogens is 3. The minimum atomic E-state index is 0.237. The maximum Gasteiger partial charge on any atom is 0.0442 e. The molecule has 13 heavy (non-hydrogen) atoms. The highest BCUT2D eigenvalue weighted by Crippen LogP contribution is 2.31. The normalized spacial score (nSPS) is 11.8. The van der Waals surface area contributed by atoms with Gasteiger partial charge in [-0.15, -0.1) is 0 Å². The molecule has 0 aliphatic heterocycles. The van der Waals surface area contributed by atoms with Gasteiger partial charge in [0.25, 0.3) is 0 Å². The summed E-state index contributed by atoms with van der Waals surface area (Å²) in [4.78, 5) is 0. The Morgan fingerprint density at radius 3 is 1.77 bits per heavy atom. The number of benzene rings is 1. The second-order valence-corrected chi connectivity index (χ2v) is 7.12. The molecular formula is C10H11BrI2. The first-order chi connectivity index (χ1) is 5.82. The van der Waals surface area contributed by atoms with Gasteiger partial charge in [-0.1, -0.05) is 20.8 Å². The highest BCUT2D eigenvalue weighted by atomic mass is 127. The Morgan fingerprint density at radius 1 is 1.08 bits per heavy atom. The summed E-state index contributed by atoms with van der Waals surface area (Å²) in [6.07, 6.45) is 0. The zero-order chi connectivity index (χ0) is 10.2. The van der Waals surface area contributed by atoms with Gasteiger partial charge >= 0.3 is 0 Å². The van der Waals surface area contributed by atoms with Crippen LogP contribution in [-0.4, -0.2) is 0 Å². The van der Waals surface area contributed by atoms with Crippen molar-refractivity contribution in [2.45, 2.75) is 26.2 Å². The second kappa shape index (κ2) is 4.35. The van der Waals surface area contributed by atoms with Crippen LogP contribution in [0.15, 0.2) is 16.6 Å². The Balaban J connectivity index is 3.29. The first-order valence-electron chi connectivity index (χ1n) is 3.97. The Labute approximate surface area is 115 Å². The molecule has 0 aliphatic carbocycles. The standard InChI is InChI=1S/C10H11BrI2/c1-10(2,3)6-4-7(12)9(11)8(13)5-6/h4-5H,1-3H3. The first kappa shape index (κ1) is 12.2. The molecule has 0 radical (unpaired) electrons. The summed E-state index contributed by atoms with van der Waals surface area (Å²) in [7, 11) is 0. The predicted molar refractivity (Wildman–Crippen MR) is 78.3 cm³/mol. The topological polar surface area (TPSA) is 0 Å². The zero-order valence-electron chi connectivity index (χ0n) is 7.79. The molecule has 0 bridgehead atoms. The molecular weight excluding hydrogens is 454 g/mol. The minimum absolute atomic E-state index is 0.237. The van der Waals surface area contributed by atoms with Crippen LogP contribution >= 0.6 is 61.1 Å². The lowest BCUT2D eigenvalue weighted by molar-refractivity contribution is 0.589. The van der Waals surface area contributed by atoms with E-state index in [4.69, 9.17) is 0 Å². The Bertz CT molecular complexity index is 303. The quantitative estimate of drug-likeness (QED) is 0.376. The minimum Gasteiger partial charge on any atom is -0.0561 e. The van der Waals surface area contributed by atoms with E-state index < -0.39 is 0 Å². The molecule has 3 heteroatoms. The van der Waals surface area contributed by atoms with Crippen molar-refractivity contribution in [1.29, 1.82) is 0 Å². The van der Waals surface area contributed by atoms with Gasteiger partial charge in [-0.3, -0.25) is 0 Å². The summed E-state index contributed by atoms with van der Waals surface area (Å²) >= 11 is 8.29. The van der Waals surface area contributed by atoms with Crippen molar-refractivity contribution in [3.63, 3.8) is 0 Å². The van der Waals surface area contributed by atoms with Crippen LogP contribution in [0.1, 0.15) is 26.3 Å². The average molecular weight is 465 g/mol. The van der Waals surface area contributed by atoms with Crippen LogP contribution in [-0.2, 0) is 5.41 Å². The highest BCUT2D eigenvalue weighted by molar-refractivity contribution is 14.1. The molecule has 0 spiro atoms. The lowest BCUT2D eigenvalue weighted by atomic mass is 9.87. The molecule has 0 unspecified atom stereocenters. The molecule has 72 valence electrons. The number of hydrogen-bond donors (Lipinski definition) is 0. The Kier molecular flexibility index (Phi) is 4.09. The van der Waals surface area contributed by atoms with Gasteiger partial charge < -0.3 is 0 Å². The molecule has 0 fully saturated rings. The van der Waals surface area contributed by atoms with Crippen molar-refractivity contribution in [2.24, 2.45) is 0 Å². The molecule has 0 saturated heterocycles. The fraction of sp³-hybridized carbons (Fsp3) is 0.400. The molecule has 1 aromatic rings. The van der Waals surface area contributed by atoms with E-state index in [1.54, 1.807) is 0 Å². The lowest BCUT2D eigenvalue weighted by Gasteiger charge is -2.20. The van der Waals surface area contributed by atoms with Crippen molar-refractivity contribution in [3.05, 3.63) is 29.3 Å². The first-order valence-corrected chi connectivity index (χ1v) is 6.92. The maximum atomic E-state index is 3.56. The molecule has 0 atom stereocenters. The van der Waals surface area contributed by atoms with E-state index in [-0.39, 0.29) is 5.41 Å². The van der Waals surface area contributed by atoms with Crippen LogP contribution in [0.5, 0.6) is 0 Å². The third-order valence-electron chi connectivity index (χ3n) is 1.85. The molecule has 0 aromatic heterocycles. The summed E-state index contributed by atoms with van der Waals surface area (Å²) in [5, 5.41) is 0. The third kappa shape index (κ3) is 3.06. The van der Waals surface area contributed by atoms with Gasteiger partial charge in [-0.05, 0) is 84.2 Å². The van der Waals surface area contributed by atoms with Crippen LogP contribution in [0.25, 0.3) is 0 Å². The van der Waals surface area contributed by atoms with Crippen molar-refractivity contribution >= 4 is 61.1 Å². The largest absolute Gasteiger partial charge is 0.0561 e. The zero-order valence-corrected chi connectivity index (χ0v) is 13.7. The molecule has 0 N–H and O–H groups in total. The Hall–Kier alpha value is 1.16. The second-order valence-electron chi connectivity index (χ2n) is 4.00. The van der Waals surface area contributed by atoms with Crippen LogP contribution in [0.2, 0.25) is 0 Å². The average Bonchev–Trinajstić information content (AvgIpc) is 1.97. The maximum absolute atomic E-state index is 3.56. The fourth-order valence-electron chi connectivity index (χ4n) is 0.989. The monoisotopic (exact) mass is 464 g/mol. The lowest BCUT2D eigenvalue weighted by Crippen LogP contribution is -2.11. The van der Waals surface area contributed by atoms with Crippen molar-refractivity contribution in [2.75, 3.05) is 0 Å². The van der Waals surface area contributed by atoms with Crippen molar-refractivity contribution in [1.82, 2.24) is 0 Å². The van der Waals surface area contributed by atoms with Gasteiger partial charge in [-0.2, -0.15) is 0 Å². The van der Waals surface area contributed by atoms with E-state index in [1.807, 2.05) is 0 Å². The van der Waals surface area contributed by atoms with Crippen molar-refractivity contribution < 1.29 is 0 Å². The van der Waals surface area contributed by atoms with E-state index in [2.05, 4.69) is 94.0 Å². The third-order valence-corrected chi connectivity index (χ3v) is 5.89. The van der Waals surface area contributed by atoms with Crippen LogP contribution in [0.3, 0.4) is 0 Å². The van der Waals surface area contributed by atoms with Gasteiger partial charge in [0.1, 0.15) is 0 Å². The van der Waals surface area contributed by atoms with E-state index in [0.717, 1.165) is 0 Å². The van der Waals surface area contributed by atoms with Crippen LogP contribution in [0, 0.1) is 7.14 Å². The molecule has 1 rings (SSSR count). The molecule has 0 amide bonds. The van der Waals surface area contributed by atoms with Crippen molar-refractivity contribution in [3.8, 4) is 0 Å². The van der Waals surface area contributed by atoms with E-state index >= 15 is 0 Å². The van der Waals surface area contributed by atoms with Gasteiger partial charge in [0.2, 0.25) is 0 Å². The van der Waals surface area contributed by atoms with Gasteiger partial charge in [-0.25, -0.2) is 0 Å². The summed E-state index contributed by atoms with van der Waals surface area (Å²) in [6.45, 7) is 6.72. The SMILES string of the molecule is CC(C)(C)c1cc(I)c(Br)c(I)c1. The summed E-state index contributed by atoms with van der Waals surface area (Å²) in [6, 6.07) is 4.49. The highest BCUT2D eigenvalue weighted by Gasteiger charge is 2.16. The fourth-order valence-corrected chi connectivity index (χ4v) is 2.99. The van der Waals surface area contributed by atoms with Crippen LogP contribution in [0.4, 0.5) is 0 Å². The van der Waals surface area contributed by atoms with E-state index in [1.165, 1.54) is 17.2 Å². The summed E-state index contributed by atoms with van der Waals surface area (Å²) in [5.41, 5.74) is 1.63. The van der Waals surface area contributed by atoms with E-state index in [0.29, 0.717) is 0 Å². The molecule has 1 aromatic carbocycles. The van der Waals surface area contributed by atoms with Gasteiger partial charge in [0, 0.05) is 11.6 Å². The Morgan fingerprint density at radius 2 is 1.46 bits per heavy atom. The van der Waals surface area contributed by atoms with Gasteiger partial charge in [0.05, 0.1) is 0 Å². The molecule has 0 aliphatic rings. The summed E-state index contributed by atoms with van der Waals surface area (Å²) in [5.74, 6) is 0. The van der Waals surface area contributed by atoms with Gasteiger partial charge in [0.15, 0.2) is 0 Å². The molecule has 0 nitrogen and oxygen atoms in total. The molecule has 0 heterocycles. The number of rotatable bonds is 0. The summed E-state index contributed by atoms with van der Waals surface area (Å²) < 4.78 is 3.78. The van der Waals surface area contributed by atoms with Crippen LogP contribution < -0.4 is 0 Å². The van der Waals surface area contributed by atoms with E-state index in [9.17, 15) is 0 Å². The number of hydrogen-bond acceptors (Lipinski definition) is 0.